The molecule has 0 radical (unpaired) electrons. The maximum Gasteiger partial charge on any atom is 0.255 e. The minimum absolute atomic E-state index is 0.00657. The second kappa shape index (κ2) is 7.64. The number of nitrogens with zero attached hydrogens (tertiary/aromatic N) is 3. The zero-order chi connectivity index (χ0) is 18.7. The summed E-state index contributed by atoms with van der Waals surface area (Å²) in [5.41, 5.74) is 1.33. The molecule has 3 rings (SSSR count). The predicted molar refractivity (Wildman–Crippen MR) is 99.4 cm³/mol. The standard InChI is InChI=1S/C20H25N3O3/c1-15(2)26-18-6-4-16(5-7-18)19(24)22-10-12-23(13-11-22)20(25)17-8-9-21(3)14-17/h4-9,14-15H,10-13H2,1-3H3. The summed E-state index contributed by atoms with van der Waals surface area (Å²) in [7, 11) is 1.89. The van der Waals surface area contributed by atoms with E-state index in [1.54, 1.807) is 21.9 Å². The molecule has 1 saturated heterocycles. The van der Waals surface area contributed by atoms with E-state index in [0.29, 0.717) is 37.3 Å². The zero-order valence-corrected chi connectivity index (χ0v) is 15.5. The van der Waals surface area contributed by atoms with Gasteiger partial charge >= 0.3 is 0 Å². The molecule has 26 heavy (non-hydrogen) atoms. The average Bonchev–Trinajstić information content (AvgIpc) is 3.07. The first kappa shape index (κ1) is 18.0. The van der Waals surface area contributed by atoms with Crippen LogP contribution in [-0.4, -0.2) is 58.5 Å². The van der Waals surface area contributed by atoms with Crippen LogP contribution < -0.4 is 4.74 Å². The molecule has 0 atom stereocenters. The number of piperazine rings is 1. The van der Waals surface area contributed by atoms with Gasteiger partial charge in [0.15, 0.2) is 0 Å². The van der Waals surface area contributed by atoms with E-state index in [1.807, 2.05) is 56.1 Å². The van der Waals surface area contributed by atoms with E-state index in [4.69, 9.17) is 4.74 Å². The summed E-state index contributed by atoms with van der Waals surface area (Å²) in [6, 6.07) is 9.05. The first-order chi connectivity index (χ1) is 12.4. The maximum atomic E-state index is 12.7. The van der Waals surface area contributed by atoms with Gasteiger partial charge in [0, 0.05) is 51.2 Å². The molecule has 1 aromatic carbocycles. The molecule has 6 nitrogen and oxygen atoms in total. The van der Waals surface area contributed by atoms with Crippen LogP contribution in [0.25, 0.3) is 0 Å². The molecule has 0 aliphatic carbocycles. The number of hydrogen-bond acceptors (Lipinski definition) is 3. The summed E-state index contributed by atoms with van der Waals surface area (Å²) in [4.78, 5) is 28.7. The fraction of sp³-hybridized carbons (Fsp3) is 0.400. The molecule has 1 fully saturated rings. The highest BCUT2D eigenvalue weighted by atomic mass is 16.5. The first-order valence-corrected chi connectivity index (χ1v) is 8.91. The zero-order valence-electron chi connectivity index (χ0n) is 15.5. The second-order valence-electron chi connectivity index (χ2n) is 6.84. The lowest BCUT2D eigenvalue weighted by Gasteiger charge is -2.34. The van der Waals surface area contributed by atoms with Crippen LogP contribution in [0.15, 0.2) is 42.7 Å². The Morgan fingerprint density at radius 2 is 1.42 bits per heavy atom. The number of ether oxygens (including phenoxy) is 1. The van der Waals surface area contributed by atoms with Crippen LogP contribution in [0.4, 0.5) is 0 Å². The number of rotatable bonds is 4. The quantitative estimate of drug-likeness (QED) is 0.846. The Morgan fingerprint density at radius 1 is 0.885 bits per heavy atom. The lowest BCUT2D eigenvalue weighted by Crippen LogP contribution is -2.50. The van der Waals surface area contributed by atoms with Crippen LogP contribution in [-0.2, 0) is 7.05 Å². The van der Waals surface area contributed by atoms with Crippen molar-refractivity contribution in [1.82, 2.24) is 14.4 Å². The van der Waals surface area contributed by atoms with Crippen LogP contribution in [0.5, 0.6) is 5.75 Å². The van der Waals surface area contributed by atoms with Crippen molar-refractivity contribution in [3.05, 3.63) is 53.9 Å². The molecule has 2 aromatic rings. The topological polar surface area (TPSA) is 54.8 Å². The van der Waals surface area contributed by atoms with E-state index < -0.39 is 0 Å². The second-order valence-corrected chi connectivity index (χ2v) is 6.84. The number of amides is 2. The molecule has 2 amide bonds. The Hall–Kier alpha value is -2.76. The number of benzene rings is 1. The van der Waals surface area contributed by atoms with Gasteiger partial charge < -0.3 is 19.1 Å². The van der Waals surface area contributed by atoms with E-state index in [1.165, 1.54) is 0 Å². The van der Waals surface area contributed by atoms with Crippen molar-refractivity contribution in [2.75, 3.05) is 26.2 Å². The van der Waals surface area contributed by atoms with Crippen LogP contribution in [0.3, 0.4) is 0 Å². The summed E-state index contributed by atoms with van der Waals surface area (Å²) in [5, 5.41) is 0. The predicted octanol–water partition coefficient (Wildman–Crippen LogP) is 2.41. The summed E-state index contributed by atoms with van der Waals surface area (Å²) >= 11 is 0. The normalized spacial score (nSPS) is 14.6. The van der Waals surface area contributed by atoms with Crippen molar-refractivity contribution in [2.45, 2.75) is 20.0 Å². The molecule has 6 heteroatoms. The number of carbonyl (C=O) groups is 2. The number of aryl methyl sites for hydroxylation is 1. The third-order valence-electron chi connectivity index (χ3n) is 4.41. The molecular weight excluding hydrogens is 330 g/mol. The highest BCUT2D eigenvalue weighted by molar-refractivity contribution is 5.96. The molecule has 2 heterocycles. The fourth-order valence-electron chi connectivity index (χ4n) is 3.06. The van der Waals surface area contributed by atoms with Crippen molar-refractivity contribution in [3.8, 4) is 5.75 Å². The lowest BCUT2D eigenvalue weighted by atomic mass is 10.1. The van der Waals surface area contributed by atoms with Gasteiger partial charge in [-0.15, -0.1) is 0 Å². The van der Waals surface area contributed by atoms with Gasteiger partial charge in [0.1, 0.15) is 5.75 Å². The molecule has 0 N–H and O–H groups in total. The first-order valence-electron chi connectivity index (χ1n) is 8.91. The van der Waals surface area contributed by atoms with Gasteiger partial charge in [0.05, 0.1) is 11.7 Å². The van der Waals surface area contributed by atoms with Gasteiger partial charge in [-0.05, 0) is 44.2 Å². The van der Waals surface area contributed by atoms with Crippen LogP contribution >= 0.6 is 0 Å². The van der Waals surface area contributed by atoms with Crippen LogP contribution in [0.1, 0.15) is 34.6 Å². The van der Waals surface area contributed by atoms with Gasteiger partial charge in [0.2, 0.25) is 0 Å². The summed E-state index contributed by atoms with van der Waals surface area (Å²) in [6.45, 7) is 6.12. The molecule has 1 aliphatic heterocycles. The monoisotopic (exact) mass is 355 g/mol. The molecule has 0 bridgehead atoms. The molecule has 1 aromatic heterocycles. The van der Waals surface area contributed by atoms with Crippen molar-refractivity contribution in [2.24, 2.45) is 7.05 Å². The Kier molecular flexibility index (Phi) is 5.30. The smallest absolute Gasteiger partial charge is 0.255 e. The molecule has 1 aliphatic rings. The highest BCUT2D eigenvalue weighted by Crippen LogP contribution is 2.16. The van der Waals surface area contributed by atoms with Gasteiger partial charge in [-0.25, -0.2) is 0 Å². The molecule has 0 spiro atoms. The van der Waals surface area contributed by atoms with Gasteiger partial charge in [-0.1, -0.05) is 0 Å². The van der Waals surface area contributed by atoms with Crippen molar-refractivity contribution >= 4 is 11.8 Å². The number of hydrogen-bond donors (Lipinski definition) is 0. The lowest BCUT2D eigenvalue weighted by molar-refractivity contribution is 0.0535. The fourth-order valence-corrected chi connectivity index (χ4v) is 3.06. The van der Waals surface area contributed by atoms with E-state index >= 15 is 0 Å². The minimum Gasteiger partial charge on any atom is -0.491 e. The Bertz CT molecular complexity index is 772. The average molecular weight is 355 g/mol. The number of carbonyl (C=O) groups excluding carboxylic acids is 2. The van der Waals surface area contributed by atoms with Crippen LogP contribution in [0, 0.1) is 0 Å². The van der Waals surface area contributed by atoms with Gasteiger partial charge in [-0.2, -0.15) is 0 Å². The van der Waals surface area contributed by atoms with Crippen molar-refractivity contribution in [3.63, 3.8) is 0 Å². The highest BCUT2D eigenvalue weighted by Gasteiger charge is 2.25. The number of aromatic nitrogens is 1. The van der Waals surface area contributed by atoms with Gasteiger partial charge in [-0.3, -0.25) is 9.59 Å². The van der Waals surface area contributed by atoms with Gasteiger partial charge in [0.25, 0.3) is 11.8 Å². The Labute approximate surface area is 154 Å². The molecular formula is C20H25N3O3. The Morgan fingerprint density at radius 3 is 1.88 bits per heavy atom. The van der Waals surface area contributed by atoms with E-state index in [0.717, 1.165) is 5.75 Å². The summed E-state index contributed by atoms with van der Waals surface area (Å²) in [5.74, 6) is 0.774. The van der Waals surface area contributed by atoms with Crippen molar-refractivity contribution < 1.29 is 14.3 Å². The summed E-state index contributed by atoms with van der Waals surface area (Å²) in [6.07, 6.45) is 3.78. The molecule has 0 saturated carbocycles. The largest absolute Gasteiger partial charge is 0.491 e. The van der Waals surface area contributed by atoms with Crippen LogP contribution in [0.2, 0.25) is 0 Å². The van der Waals surface area contributed by atoms with E-state index in [2.05, 4.69) is 0 Å². The maximum absolute atomic E-state index is 12.7. The van der Waals surface area contributed by atoms with E-state index in [-0.39, 0.29) is 17.9 Å². The van der Waals surface area contributed by atoms with Crippen molar-refractivity contribution in [1.29, 1.82) is 0 Å². The SMILES string of the molecule is CC(C)Oc1ccc(C(=O)N2CCN(C(=O)c3ccn(C)c3)CC2)cc1. The minimum atomic E-state index is -0.00657. The Balaban J connectivity index is 1.57. The molecule has 138 valence electrons. The molecule has 0 unspecified atom stereocenters. The van der Waals surface area contributed by atoms with E-state index in [9.17, 15) is 9.59 Å². The third kappa shape index (κ3) is 4.07. The summed E-state index contributed by atoms with van der Waals surface area (Å²) < 4.78 is 7.47. The third-order valence-corrected chi connectivity index (χ3v) is 4.41.